The van der Waals surface area contributed by atoms with Crippen molar-refractivity contribution in [2.24, 2.45) is 5.92 Å². The Labute approximate surface area is 157 Å². The van der Waals surface area contributed by atoms with Gasteiger partial charge in [0.15, 0.2) is 0 Å². The predicted molar refractivity (Wildman–Crippen MR) is 113 cm³/mol. The molecule has 1 aliphatic heterocycles. The van der Waals surface area contributed by atoms with E-state index in [0.717, 1.165) is 13.1 Å². The zero-order valence-corrected chi connectivity index (χ0v) is 18.3. The summed E-state index contributed by atoms with van der Waals surface area (Å²) in [5, 5.41) is 1.66. The van der Waals surface area contributed by atoms with Crippen molar-refractivity contribution in [1.82, 2.24) is 4.90 Å². The van der Waals surface area contributed by atoms with E-state index in [9.17, 15) is 0 Å². The van der Waals surface area contributed by atoms with Gasteiger partial charge in [0.1, 0.15) is 0 Å². The van der Waals surface area contributed by atoms with Crippen molar-refractivity contribution in [2.75, 3.05) is 19.6 Å². The molecule has 0 N–H and O–H groups in total. The number of hydrogen-bond donors (Lipinski definition) is 0. The van der Waals surface area contributed by atoms with E-state index in [4.69, 9.17) is 4.74 Å². The second kappa shape index (κ2) is 9.34. The molecule has 0 radical (unpaired) electrons. The van der Waals surface area contributed by atoms with Crippen LogP contribution in [0.4, 0.5) is 0 Å². The van der Waals surface area contributed by atoms with E-state index in [2.05, 4.69) is 70.7 Å². The lowest BCUT2D eigenvalue weighted by atomic mass is 10.00. The summed E-state index contributed by atoms with van der Waals surface area (Å²) in [6.07, 6.45) is 1.91. The Balaban J connectivity index is 1.94. The van der Waals surface area contributed by atoms with Crippen molar-refractivity contribution in [2.45, 2.75) is 78.3 Å². The van der Waals surface area contributed by atoms with Gasteiger partial charge in [-0.15, -0.1) is 0 Å². The number of morpholine rings is 1. The zero-order chi connectivity index (χ0) is 18.4. The van der Waals surface area contributed by atoms with Crippen LogP contribution < -0.4 is 5.19 Å². The van der Waals surface area contributed by atoms with Crippen molar-refractivity contribution < 1.29 is 4.74 Å². The van der Waals surface area contributed by atoms with Crippen molar-refractivity contribution in [3.8, 4) is 0 Å². The fraction of sp³-hybridized carbons (Fsp3) is 0.727. The number of nitrogens with zero attached hydrogens (tertiary/aromatic N) is 1. The van der Waals surface area contributed by atoms with Crippen molar-refractivity contribution in [3.63, 3.8) is 0 Å². The van der Waals surface area contributed by atoms with E-state index in [0.29, 0.717) is 18.1 Å². The van der Waals surface area contributed by atoms with Crippen LogP contribution in [-0.4, -0.2) is 44.8 Å². The van der Waals surface area contributed by atoms with Crippen molar-refractivity contribution in [3.05, 3.63) is 29.8 Å². The summed E-state index contributed by atoms with van der Waals surface area (Å²) in [5.41, 5.74) is 1.50. The average Bonchev–Trinajstić information content (AvgIpc) is 2.57. The first-order valence-electron chi connectivity index (χ1n) is 10.4. The molecule has 0 aliphatic carbocycles. The molecular formula is C22H39NOSi. The van der Waals surface area contributed by atoms with Gasteiger partial charge in [-0.2, -0.15) is 0 Å². The minimum absolute atomic E-state index is 0.366. The van der Waals surface area contributed by atoms with Crippen LogP contribution in [0.15, 0.2) is 24.3 Å². The van der Waals surface area contributed by atoms with Gasteiger partial charge in [-0.05, 0) is 31.7 Å². The lowest BCUT2D eigenvalue weighted by Crippen LogP contribution is -2.47. The molecule has 1 heterocycles. The Bertz CT molecular complexity index is 493. The number of benzene rings is 1. The molecule has 3 atom stereocenters. The third kappa shape index (κ3) is 5.41. The molecule has 3 heteroatoms. The molecule has 0 saturated carbocycles. The maximum atomic E-state index is 5.86. The molecule has 0 aromatic heterocycles. The summed E-state index contributed by atoms with van der Waals surface area (Å²) in [6.45, 7) is 17.3. The Kier molecular flexibility index (Phi) is 7.72. The molecule has 1 aromatic carbocycles. The summed E-state index contributed by atoms with van der Waals surface area (Å²) < 4.78 is 5.86. The second-order valence-electron chi connectivity index (χ2n) is 8.32. The number of ether oxygens (including phenoxy) is 1. The van der Waals surface area contributed by atoms with Crippen LogP contribution in [0.5, 0.6) is 0 Å². The largest absolute Gasteiger partial charge is 0.373 e. The van der Waals surface area contributed by atoms with Crippen LogP contribution in [0, 0.1) is 5.92 Å². The number of rotatable bonds is 8. The zero-order valence-electron chi connectivity index (χ0n) is 17.3. The lowest BCUT2D eigenvalue weighted by molar-refractivity contribution is -0.0708. The molecule has 0 amide bonds. The molecule has 1 aromatic rings. The number of hydrogen-bond acceptors (Lipinski definition) is 2. The summed E-state index contributed by atoms with van der Waals surface area (Å²) in [7, 11) is -1.23. The van der Waals surface area contributed by atoms with Crippen molar-refractivity contribution in [1.29, 1.82) is 0 Å². The first kappa shape index (κ1) is 20.7. The molecule has 142 valence electrons. The average molecular weight is 362 g/mol. The summed E-state index contributed by atoms with van der Waals surface area (Å²) in [5.74, 6) is 0.689. The van der Waals surface area contributed by atoms with Crippen LogP contribution in [0.2, 0.25) is 18.1 Å². The molecule has 1 aliphatic rings. The molecule has 2 nitrogen and oxygen atoms in total. The van der Waals surface area contributed by atoms with Gasteiger partial charge < -0.3 is 4.74 Å². The minimum Gasteiger partial charge on any atom is -0.373 e. The van der Waals surface area contributed by atoms with Gasteiger partial charge in [0.05, 0.1) is 20.3 Å². The maximum absolute atomic E-state index is 5.86. The summed E-state index contributed by atoms with van der Waals surface area (Å²) in [6, 6.07) is 13.8. The third-order valence-electron chi connectivity index (χ3n) is 6.25. The van der Waals surface area contributed by atoms with E-state index >= 15 is 0 Å². The van der Waals surface area contributed by atoms with Crippen LogP contribution in [0.3, 0.4) is 0 Å². The Morgan fingerprint density at radius 1 is 1.00 bits per heavy atom. The van der Waals surface area contributed by atoms with Gasteiger partial charge in [-0.1, -0.05) is 75.3 Å². The van der Waals surface area contributed by atoms with E-state index < -0.39 is 8.07 Å². The highest BCUT2D eigenvalue weighted by Gasteiger charge is 2.29. The van der Waals surface area contributed by atoms with E-state index in [-0.39, 0.29) is 0 Å². The minimum atomic E-state index is -1.23. The Morgan fingerprint density at radius 2 is 1.52 bits per heavy atom. The van der Waals surface area contributed by atoms with Gasteiger partial charge in [0.25, 0.3) is 0 Å². The van der Waals surface area contributed by atoms with Crippen LogP contribution in [0.25, 0.3) is 0 Å². The normalized spacial score (nSPS) is 23.6. The molecule has 25 heavy (non-hydrogen) atoms. The fourth-order valence-electron chi connectivity index (χ4n) is 4.70. The molecule has 3 unspecified atom stereocenters. The first-order chi connectivity index (χ1) is 11.9. The molecule has 0 spiro atoms. The van der Waals surface area contributed by atoms with E-state index in [1.807, 2.05) is 0 Å². The monoisotopic (exact) mass is 361 g/mol. The van der Waals surface area contributed by atoms with Gasteiger partial charge in [0.2, 0.25) is 0 Å². The smallest absolute Gasteiger partial charge is 0.0859 e. The van der Waals surface area contributed by atoms with Crippen LogP contribution in [-0.2, 0) is 11.2 Å². The Morgan fingerprint density at radius 3 is 2.00 bits per heavy atom. The maximum Gasteiger partial charge on any atom is 0.0859 e. The van der Waals surface area contributed by atoms with Gasteiger partial charge in [-0.3, -0.25) is 4.90 Å². The first-order valence-corrected chi connectivity index (χ1v) is 13.0. The van der Waals surface area contributed by atoms with Gasteiger partial charge >= 0.3 is 0 Å². The van der Waals surface area contributed by atoms with E-state index in [1.165, 1.54) is 36.7 Å². The predicted octanol–water partition coefficient (Wildman–Crippen LogP) is 4.69. The van der Waals surface area contributed by atoms with Crippen molar-refractivity contribution >= 4 is 13.3 Å². The van der Waals surface area contributed by atoms with Crippen LogP contribution >= 0.6 is 0 Å². The molecule has 1 saturated heterocycles. The molecule has 0 bridgehead atoms. The fourth-order valence-corrected chi connectivity index (χ4v) is 8.30. The summed E-state index contributed by atoms with van der Waals surface area (Å²) >= 11 is 0. The molecule has 1 fully saturated rings. The van der Waals surface area contributed by atoms with Gasteiger partial charge in [-0.25, -0.2) is 0 Å². The molecular weight excluding hydrogens is 322 g/mol. The highest BCUT2D eigenvalue weighted by molar-refractivity contribution is 6.91. The summed E-state index contributed by atoms with van der Waals surface area (Å²) in [4.78, 5) is 2.58. The SMILES string of the molecule is CC[Si](CC)(CC)c1ccc(CC(C)CN2CC(C)OC(C)C2)cc1. The van der Waals surface area contributed by atoms with Gasteiger partial charge in [0, 0.05) is 19.6 Å². The standard InChI is InChI=1S/C22H39NOSi/c1-7-25(8-2,9-3)22-12-10-21(11-13-22)14-18(4)15-23-16-19(5)24-20(6)17-23/h10-13,18-20H,7-9,14-17H2,1-6H3. The Hall–Kier alpha value is -0.643. The lowest BCUT2D eigenvalue weighted by Gasteiger charge is -2.36. The highest BCUT2D eigenvalue weighted by Crippen LogP contribution is 2.21. The topological polar surface area (TPSA) is 12.5 Å². The third-order valence-corrected chi connectivity index (χ3v) is 11.9. The second-order valence-corrected chi connectivity index (χ2v) is 13.6. The molecule has 2 rings (SSSR count). The van der Waals surface area contributed by atoms with Crippen LogP contribution in [0.1, 0.15) is 47.1 Å². The quantitative estimate of drug-likeness (QED) is 0.623. The van der Waals surface area contributed by atoms with E-state index in [1.54, 1.807) is 5.19 Å². The highest BCUT2D eigenvalue weighted by atomic mass is 28.3.